The Balaban J connectivity index is 1.59. The van der Waals surface area contributed by atoms with E-state index in [4.69, 9.17) is 0 Å². The Kier molecular flexibility index (Phi) is 4.05. The van der Waals surface area contributed by atoms with E-state index in [9.17, 15) is 9.50 Å². The highest BCUT2D eigenvalue weighted by Crippen LogP contribution is 2.21. The quantitative estimate of drug-likeness (QED) is 0.568. The van der Waals surface area contributed by atoms with Crippen molar-refractivity contribution < 1.29 is 9.50 Å². The zero-order valence-electron chi connectivity index (χ0n) is 13.9. The summed E-state index contributed by atoms with van der Waals surface area (Å²) < 4.78 is 17.2. The van der Waals surface area contributed by atoms with Crippen LogP contribution in [-0.4, -0.2) is 41.2 Å². The van der Waals surface area contributed by atoms with Crippen molar-refractivity contribution in [3.63, 3.8) is 0 Å². The second-order valence-electron chi connectivity index (χ2n) is 5.84. The molecule has 0 aliphatic heterocycles. The van der Waals surface area contributed by atoms with Crippen LogP contribution in [0.1, 0.15) is 11.7 Å². The standard InChI is InChI=1S/C17H16FN7O/c1-24-10-11(8-20-24)14(26)9-19-15-6-7-16-21-22-17(25(16)23-15)12-4-2-3-5-13(12)18/h2-8,10,14,26H,9H2,1H3,(H,19,23). The molecule has 0 spiro atoms. The first-order chi connectivity index (χ1) is 12.6. The highest BCUT2D eigenvalue weighted by molar-refractivity contribution is 5.60. The molecule has 0 fully saturated rings. The summed E-state index contributed by atoms with van der Waals surface area (Å²) in [6.45, 7) is 0.251. The third-order valence-electron chi connectivity index (χ3n) is 3.96. The van der Waals surface area contributed by atoms with E-state index in [2.05, 4.69) is 25.7 Å². The van der Waals surface area contributed by atoms with Gasteiger partial charge in [0, 0.05) is 25.4 Å². The molecule has 0 saturated heterocycles. The highest BCUT2D eigenvalue weighted by atomic mass is 19.1. The molecule has 0 amide bonds. The number of aliphatic hydroxyl groups is 1. The van der Waals surface area contributed by atoms with Gasteiger partial charge in [-0.1, -0.05) is 12.1 Å². The molecule has 1 unspecified atom stereocenters. The lowest BCUT2D eigenvalue weighted by Crippen LogP contribution is -2.13. The number of hydrogen-bond donors (Lipinski definition) is 2. The number of aromatic nitrogens is 6. The largest absolute Gasteiger partial charge is 0.386 e. The van der Waals surface area contributed by atoms with Crippen LogP contribution in [0.3, 0.4) is 0 Å². The molecule has 4 rings (SSSR count). The molecular formula is C17H16FN7O. The van der Waals surface area contributed by atoms with Crippen molar-refractivity contribution in [3.05, 3.63) is 60.2 Å². The molecule has 3 heterocycles. The van der Waals surface area contributed by atoms with Gasteiger partial charge in [0.05, 0.1) is 17.9 Å². The van der Waals surface area contributed by atoms with Gasteiger partial charge in [0.2, 0.25) is 0 Å². The monoisotopic (exact) mass is 353 g/mol. The Morgan fingerprint density at radius 3 is 2.81 bits per heavy atom. The summed E-state index contributed by atoms with van der Waals surface area (Å²) in [5.41, 5.74) is 1.53. The van der Waals surface area contributed by atoms with Crippen LogP contribution in [0.25, 0.3) is 17.0 Å². The lowest BCUT2D eigenvalue weighted by Gasteiger charge is -2.11. The molecule has 2 N–H and O–H groups in total. The number of halogens is 1. The van der Waals surface area contributed by atoms with Crippen LogP contribution >= 0.6 is 0 Å². The van der Waals surface area contributed by atoms with Gasteiger partial charge in [0.15, 0.2) is 11.5 Å². The SMILES string of the molecule is Cn1cc(C(O)CNc2ccc3nnc(-c4ccccc4F)n3n2)cn1. The van der Waals surface area contributed by atoms with E-state index in [-0.39, 0.29) is 6.54 Å². The van der Waals surface area contributed by atoms with Gasteiger partial charge in [-0.25, -0.2) is 4.39 Å². The molecule has 4 aromatic rings. The van der Waals surface area contributed by atoms with Crippen LogP contribution in [-0.2, 0) is 7.05 Å². The molecular weight excluding hydrogens is 337 g/mol. The van der Waals surface area contributed by atoms with Gasteiger partial charge < -0.3 is 10.4 Å². The lowest BCUT2D eigenvalue weighted by atomic mass is 10.2. The molecule has 0 radical (unpaired) electrons. The van der Waals surface area contributed by atoms with E-state index >= 15 is 0 Å². The van der Waals surface area contributed by atoms with Gasteiger partial charge in [-0.3, -0.25) is 4.68 Å². The van der Waals surface area contributed by atoms with E-state index in [1.165, 1.54) is 10.6 Å². The number of rotatable bonds is 5. The molecule has 0 saturated carbocycles. The van der Waals surface area contributed by atoms with E-state index in [0.29, 0.717) is 28.4 Å². The number of hydrogen-bond acceptors (Lipinski definition) is 6. The molecule has 0 aliphatic carbocycles. The molecule has 3 aromatic heterocycles. The first-order valence-electron chi connectivity index (χ1n) is 7.99. The van der Waals surface area contributed by atoms with Gasteiger partial charge in [-0.15, -0.1) is 15.3 Å². The second-order valence-corrected chi connectivity index (χ2v) is 5.84. The number of fused-ring (bicyclic) bond motifs is 1. The van der Waals surface area contributed by atoms with Crippen LogP contribution in [0.2, 0.25) is 0 Å². The van der Waals surface area contributed by atoms with Crippen molar-refractivity contribution >= 4 is 11.5 Å². The first-order valence-corrected chi connectivity index (χ1v) is 7.99. The minimum atomic E-state index is -0.729. The van der Waals surface area contributed by atoms with Crippen LogP contribution < -0.4 is 5.32 Å². The molecule has 8 nitrogen and oxygen atoms in total. The summed E-state index contributed by atoms with van der Waals surface area (Å²) in [7, 11) is 1.79. The highest BCUT2D eigenvalue weighted by Gasteiger charge is 2.14. The fraction of sp³-hybridized carbons (Fsp3) is 0.176. The maximum atomic E-state index is 14.1. The van der Waals surface area contributed by atoms with Crippen LogP contribution in [0.15, 0.2) is 48.8 Å². The lowest BCUT2D eigenvalue weighted by molar-refractivity contribution is 0.191. The Morgan fingerprint density at radius 1 is 1.19 bits per heavy atom. The molecule has 9 heteroatoms. The third kappa shape index (κ3) is 3.00. The number of anilines is 1. The molecule has 0 aliphatic rings. The summed E-state index contributed by atoms with van der Waals surface area (Å²) in [6.07, 6.45) is 2.63. The zero-order chi connectivity index (χ0) is 18.1. The van der Waals surface area contributed by atoms with Crippen molar-refractivity contribution in [1.82, 2.24) is 29.6 Å². The minimum Gasteiger partial charge on any atom is -0.386 e. The number of nitrogens with one attached hydrogen (secondary N) is 1. The summed E-state index contributed by atoms with van der Waals surface area (Å²) in [5.74, 6) is 0.432. The summed E-state index contributed by atoms with van der Waals surface area (Å²) in [5, 5.41) is 29.8. The van der Waals surface area contributed by atoms with Crippen molar-refractivity contribution in [1.29, 1.82) is 0 Å². The third-order valence-corrected chi connectivity index (χ3v) is 3.96. The van der Waals surface area contributed by atoms with Crippen molar-refractivity contribution in [3.8, 4) is 11.4 Å². The molecule has 0 bridgehead atoms. The Bertz CT molecular complexity index is 1060. The second kappa shape index (κ2) is 6.52. The normalized spacial score (nSPS) is 12.4. The Labute approximate surface area is 147 Å². The summed E-state index contributed by atoms with van der Waals surface area (Å²) >= 11 is 0. The topological polar surface area (TPSA) is 93.2 Å². The molecule has 1 atom stereocenters. The molecule has 1 aromatic carbocycles. The van der Waals surface area contributed by atoms with E-state index in [1.807, 2.05) is 0 Å². The maximum absolute atomic E-state index is 14.1. The van der Waals surface area contributed by atoms with E-state index in [0.717, 1.165) is 0 Å². The Morgan fingerprint density at radius 2 is 2.04 bits per heavy atom. The fourth-order valence-corrected chi connectivity index (χ4v) is 2.62. The van der Waals surface area contributed by atoms with Gasteiger partial charge in [-0.05, 0) is 24.3 Å². The number of nitrogens with zero attached hydrogens (tertiary/aromatic N) is 6. The zero-order valence-corrected chi connectivity index (χ0v) is 13.9. The van der Waals surface area contributed by atoms with Gasteiger partial charge in [0.25, 0.3) is 0 Å². The number of aliphatic hydroxyl groups excluding tert-OH is 1. The van der Waals surface area contributed by atoms with Crippen LogP contribution in [0.5, 0.6) is 0 Å². The average Bonchev–Trinajstić information content (AvgIpc) is 3.26. The van der Waals surface area contributed by atoms with Crippen molar-refractivity contribution in [2.24, 2.45) is 7.05 Å². The van der Waals surface area contributed by atoms with Crippen LogP contribution in [0, 0.1) is 5.82 Å². The average molecular weight is 353 g/mol. The smallest absolute Gasteiger partial charge is 0.188 e. The minimum absolute atomic E-state index is 0.251. The van der Waals surface area contributed by atoms with Gasteiger partial charge in [0.1, 0.15) is 11.6 Å². The van der Waals surface area contributed by atoms with Crippen molar-refractivity contribution in [2.45, 2.75) is 6.10 Å². The first kappa shape index (κ1) is 16.2. The predicted octanol–water partition coefficient (Wildman–Crippen LogP) is 1.81. The van der Waals surface area contributed by atoms with E-state index < -0.39 is 11.9 Å². The summed E-state index contributed by atoms with van der Waals surface area (Å²) in [4.78, 5) is 0. The maximum Gasteiger partial charge on any atom is 0.188 e. The van der Waals surface area contributed by atoms with Crippen LogP contribution in [0.4, 0.5) is 10.2 Å². The number of aryl methyl sites for hydroxylation is 1. The van der Waals surface area contributed by atoms with Crippen molar-refractivity contribution in [2.75, 3.05) is 11.9 Å². The van der Waals surface area contributed by atoms with E-state index in [1.54, 1.807) is 54.5 Å². The fourth-order valence-electron chi connectivity index (χ4n) is 2.62. The van der Waals surface area contributed by atoms with Gasteiger partial charge >= 0.3 is 0 Å². The summed E-state index contributed by atoms with van der Waals surface area (Å²) in [6, 6.07) is 9.78. The molecule has 132 valence electrons. The van der Waals surface area contributed by atoms with Gasteiger partial charge in [-0.2, -0.15) is 9.61 Å². The number of benzene rings is 1. The molecule has 26 heavy (non-hydrogen) atoms. The Hall–Kier alpha value is -3.33. The predicted molar refractivity (Wildman–Crippen MR) is 92.8 cm³/mol.